The number of aromatic nitrogens is 1. The number of amides is 4. The molecule has 1 aliphatic rings. The van der Waals surface area contributed by atoms with E-state index in [-0.39, 0.29) is 11.8 Å². The molecule has 0 spiro atoms. The lowest BCUT2D eigenvalue weighted by Crippen LogP contribution is -2.29. The van der Waals surface area contributed by atoms with Gasteiger partial charge in [0.15, 0.2) is 0 Å². The third-order valence-corrected chi connectivity index (χ3v) is 5.97. The molecule has 2 N–H and O–H groups in total. The molecule has 4 aromatic rings. The van der Waals surface area contributed by atoms with Crippen molar-refractivity contribution in [2.75, 3.05) is 22.6 Å². The highest BCUT2D eigenvalue weighted by Crippen LogP contribution is 2.35. The molecule has 5 rings (SSSR count). The van der Waals surface area contributed by atoms with Crippen LogP contribution in [0.2, 0.25) is 0 Å². The van der Waals surface area contributed by atoms with E-state index in [1.807, 2.05) is 0 Å². The van der Waals surface area contributed by atoms with E-state index in [2.05, 4.69) is 15.6 Å². The van der Waals surface area contributed by atoms with E-state index in [4.69, 9.17) is 4.74 Å². The molecular formula is C23H16N4O4S. The number of methoxy groups -OCH3 is 1. The molecule has 158 valence electrons. The van der Waals surface area contributed by atoms with Crippen LogP contribution in [0.15, 0.2) is 66.7 Å². The van der Waals surface area contributed by atoms with Crippen LogP contribution in [0, 0.1) is 0 Å². The highest BCUT2D eigenvalue weighted by atomic mass is 32.1. The maximum Gasteiger partial charge on any atom is 0.323 e. The summed E-state index contributed by atoms with van der Waals surface area (Å²) in [5.41, 5.74) is 2.54. The Morgan fingerprint density at radius 2 is 1.53 bits per heavy atom. The predicted molar refractivity (Wildman–Crippen MR) is 123 cm³/mol. The Morgan fingerprint density at radius 3 is 2.19 bits per heavy atom. The highest BCUT2D eigenvalue weighted by Gasteiger charge is 2.38. The Labute approximate surface area is 186 Å². The molecule has 2 heterocycles. The minimum absolute atomic E-state index is 0.297. The minimum atomic E-state index is -0.403. The van der Waals surface area contributed by atoms with Gasteiger partial charge in [-0.25, -0.2) is 14.7 Å². The molecule has 1 aliphatic heterocycles. The van der Waals surface area contributed by atoms with Crippen LogP contribution in [0.25, 0.3) is 10.2 Å². The molecule has 9 heteroatoms. The van der Waals surface area contributed by atoms with Gasteiger partial charge < -0.3 is 15.4 Å². The Hall–Kier alpha value is -4.24. The number of nitrogens with zero attached hydrogens (tertiary/aromatic N) is 2. The maximum absolute atomic E-state index is 12.7. The predicted octanol–water partition coefficient (Wildman–Crippen LogP) is 4.75. The zero-order chi connectivity index (χ0) is 22.2. The fourth-order valence-electron chi connectivity index (χ4n) is 3.42. The van der Waals surface area contributed by atoms with Gasteiger partial charge in [-0.15, -0.1) is 0 Å². The van der Waals surface area contributed by atoms with E-state index >= 15 is 0 Å². The average molecular weight is 444 g/mol. The van der Waals surface area contributed by atoms with Gasteiger partial charge in [-0.05, 0) is 54.6 Å². The van der Waals surface area contributed by atoms with E-state index in [0.717, 1.165) is 9.60 Å². The lowest BCUT2D eigenvalue weighted by molar-refractivity contribution is 0.0926. The number of fused-ring (bicyclic) bond motifs is 2. The monoisotopic (exact) mass is 444 g/mol. The molecule has 32 heavy (non-hydrogen) atoms. The first-order valence-electron chi connectivity index (χ1n) is 9.64. The fraction of sp³-hybridized carbons (Fsp3) is 0.0435. The fourth-order valence-corrected chi connectivity index (χ4v) is 4.42. The quantitative estimate of drug-likeness (QED) is 0.443. The number of thiazole rings is 1. The second-order valence-electron chi connectivity index (χ2n) is 6.98. The van der Waals surface area contributed by atoms with Crippen LogP contribution in [-0.2, 0) is 0 Å². The molecule has 8 nitrogen and oxygen atoms in total. The number of hydrogen-bond donors (Lipinski definition) is 2. The van der Waals surface area contributed by atoms with Crippen LogP contribution in [0.3, 0.4) is 0 Å². The zero-order valence-electron chi connectivity index (χ0n) is 16.8. The molecule has 0 aliphatic carbocycles. The second-order valence-corrected chi connectivity index (χ2v) is 7.99. The number of anilines is 3. The molecule has 0 bridgehead atoms. The van der Waals surface area contributed by atoms with Crippen molar-refractivity contribution in [3.05, 3.63) is 77.9 Å². The van der Waals surface area contributed by atoms with E-state index < -0.39 is 6.03 Å². The first-order chi connectivity index (χ1) is 15.5. The molecule has 0 fully saturated rings. The van der Waals surface area contributed by atoms with Crippen molar-refractivity contribution < 1.29 is 19.1 Å². The summed E-state index contributed by atoms with van der Waals surface area (Å²) in [5.74, 6) is -0.0794. The van der Waals surface area contributed by atoms with Crippen LogP contribution in [-0.4, -0.2) is 29.9 Å². The first kappa shape index (κ1) is 19.7. The number of carbonyl (C=O) groups is 3. The summed E-state index contributed by atoms with van der Waals surface area (Å²) < 4.78 is 5.84. The third-order valence-electron chi connectivity index (χ3n) is 4.97. The number of hydrogen-bond acceptors (Lipinski definition) is 6. The van der Waals surface area contributed by atoms with E-state index in [1.165, 1.54) is 11.3 Å². The Bertz CT molecular complexity index is 1350. The molecule has 1 aromatic heterocycles. The summed E-state index contributed by atoms with van der Waals surface area (Å²) in [4.78, 5) is 43.3. The summed E-state index contributed by atoms with van der Waals surface area (Å²) in [7, 11) is 1.57. The number of benzene rings is 3. The van der Waals surface area contributed by atoms with Gasteiger partial charge in [0, 0.05) is 11.4 Å². The zero-order valence-corrected chi connectivity index (χ0v) is 17.6. The summed E-state index contributed by atoms with van der Waals surface area (Å²) in [6, 6.07) is 18.5. The SMILES string of the molecule is COc1ccc(NC(=O)Nc2ccc3nc(N4C(=O)c5ccccc5C4=O)sc3c2)cc1. The van der Waals surface area contributed by atoms with Gasteiger partial charge in [0.2, 0.25) is 5.13 Å². The summed E-state index contributed by atoms with van der Waals surface area (Å²) in [5, 5.41) is 5.82. The normalized spacial score (nSPS) is 12.7. The van der Waals surface area contributed by atoms with Gasteiger partial charge in [0.1, 0.15) is 5.75 Å². The molecule has 0 unspecified atom stereocenters. The Balaban J connectivity index is 1.35. The van der Waals surface area contributed by atoms with E-state index in [0.29, 0.717) is 38.9 Å². The van der Waals surface area contributed by atoms with Crippen molar-refractivity contribution in [1.82, 2.24) is 4.98 Å². The molecule has 0 saturated carbocycles. The van der Waals surface area contributed by atoms with Crippen LogP contribution in [0.4, 0.5) is 21.3 Å². The molecule has 0 saturated heterocycles. The summed E-state index contributed by atoms with van der Waals surface area (Å²) >= 11 is 1.21. The van der Waals surface area contributed by atoms with Crippen LogP contribution >= 0.6 is 11.3 Å². The largest absolute Gasteiger partial charge is 0.497 e. The number of imide groups is 1. The molecule has 4 amide bonds. The number of carbonyl (C=O) groups excluding carboxylic acids is 3. The lowest BCUT2D eigenvalue weighted by Gasteiger charge is -2.08. The average Bonchev–Trinajstić information content (AvgIpc) is 3.32. The number of urea groups is 1. The van der Waals surface area contributed by atoms with Crippen molar-refractivity contribution in [1.29, 1.82) is 0 Å². The van der Waals surface area contributed by atoms with Gasteiger partial charge in [-0.2, -0.15) is 0 Å². The molecular weight excluding hydrogens is 428 g/mol. The molecule has 3 aromatic carbocycles. The van der Waals surface area contributed by atoms with Crippen LogP contribution in [0.5, 0.6) is 5.75 Å². The van der Waals surface area contributed by atoms with Crippen molar-refractivity contribution in [2.45, 2.75) is 0 Å². The van der Waals surface area contributed by atoms with Crippen molar-refractivity contribution >= 4 is 55.9 Å². The van der Waals surface area contributed by atoms with Crippen molar-refractivity contribution in [3.8, 4) is 5.75 Å². The standard InChI is InChI=1S/C23H16N4O4S/c1-31-15-9-6-13(7-10-15)24-22(30)25-14-8-11-18-19(12-14)32-23(26-18)27-20(28)16-4-2-3-5-17(16)21(27)29/h2-12H,1H3,(H2,24,25,30). The smallest absolute Gasteiger partial charge is 0.323 e. The maximum atomic E-state index is 12.7. The van der Waals surface area contributed by atoms with Gasteiger partial charge in [-0.3, -0.25) is 9.59 Å². The van der Waals surface area contributed by atoms with Gasteiger partial charge in [0.25, 0.3) is 11.8 Å². The van der Waals surface area contributed by atoms with E-state index in [9.17, 15) is 14.4 Å². The summed E-state index contributed by atoms with van der Waals surface area (Å²) in [6.07, 6.45) is 0. The topological polar surface area (TPSA) is 101 Å². The number of nitrogens with one attached hydrogen (secondary N) is 2. The highest BCUT2D eigenvalue weighted by molar-refractivity contribution is 7.22. The van der Waals surface area contributed by atoms with Gasteiger partial charge in [-0.1, -0.05) is 23.5 Å². The van der Waals surface area contributed by atoms with Crippen molar-refractivity contribution in [2.24, 2.45) is 0 Å². The van der Waals surface area contributed by atoms with Crippen LogP contribution < -0.4 is 20.3 Å². The Kier molecular flexibility index (Phi) is 4.79. The summed E-state index contributed by atoms with van der Waals surface area (Å²) in [6.45, 7) is 0. The Morgan fingerprint density at radius 1 is 0.906 bits per heavy atom. The lowest BCUT2D eigenvalue weighted by atomic mass is 10.1. The third kappa shape index (κ3) is 3.44. The van der Waals surface area contributed by atoms with Gasteiger partial charge >= 0.3 is 6.03 Å². The minimum Gasteiger partial charge on any atom is -0.497 e. The first-order valence-corrected chi connectivity index (χ1v) is 10.5. The number of rotatable bonds is 4. The second kappa shape index (κ2) is 7.78. The van der Waals surface area contributed by atoms with E-state index in [1.54, 1.807) is 73.8 Å². The van der Waals surface area contributed by atoms with Crippen molar-refractivity contribution in [3.63, 3.8) is 0 Å². The van der Waals surface area contributed by atoms with Crippen LogP contribution in [0.1, 0.15) is 20.7 Å². The molecule has 0 atom stereocenters. The number of ether oxygens (including phenoxy) is 1. The van der Waals surface area contributed by atoms with Gasteiger partial charge in [0.05, 0.1) is 28.5 Å². The molecule has 0 radical (unpaired) electrons.